The summed E-state index contributed by atoms with van der Waals surface area (Å²) < 4.78 is 15.9. The van der Waals surface area contributed by atoms with Gasteiger partial charge < -0.3 is 10.2 Å². The number of aryl methyl sites for hydroxylation is 1. The van der Waals surface area contributed by atoms with Crippen LogP contribution >= 0.6 is 0 Å². The largest absolute Gasteiger partial charge is 0.335 e. The van der Waals surface area contributed by atoms with Gasteiger partial charge in [-0.25, -0.2) is 9.18 Å². The van der Waals surface area contributed by atoms with E-state index in [1.165, 1.54) is 25.7 Å². The fourth-order valence-electron chi connectivity index (χ4n) is 5.81. The standard InChI is InChI=1S/C21H34FN5O/c1-14(20-7-15-4-5-17(20)6-15)24-21(28)25(2)13-19-8-18(22)12-27(19)11-16-9-23-26(3)10-16/h9-10,14-15,17-20H,4-8,11-13H2,1-3H3,(H,24,28)/t14?,15?,17?,18-,19-,20?/m0/s1. The minimum atomic E-state index is -0.828. The number of nitrogens with zero attached hydrogens (tertiary/aromatic N) is 4. The quantitative estimate of drug-likeness (QED) is 0.811. The van der Waals surface area contributed by atoms with Gasteiger partial charge >= 0.3 is 6.03 Å². The van der Waals surface area contributed by atoms with Gasteiger partial charge in [-0.1, -0.05) is 6.42 Å². The maximum absolute atomic E-state index is 14.1. The molecule has 0 aromatic carbocycles. The molecule has 1 aromatic heterocycles. The molecule has 2 heterocycles. The number of aromatic nitrogens is 2. The van der Waals surface area contributed by atoms with E-state index in [1.54, 1.807) is 9.58 Å². The molecule has 1 N–H and O–H groups in total. The van der Waals surface area contributed by atoms with E-state index in [2.05, 4.69) is 22.2 Å². The Labute approximate surface area is 167 Å². The molecule has 28 heavy (non-hydrogen) atoms. The van der Waals surface area contributed by atoms with Crippen molar-refractivity contribution < 1.29 is 9.18 Å². The second-order valence-corrected chi connectivity index (χ2v) is 9.40. The molecule has 1 aliphatic heterocycles. The van der Waals surface area contributed by atoms with Crippen LogP contribution in [0.5, 0.6) is 0 Å². The molecular formula is C21H34FN5O. The van der Waals surface area contributed by atoms with Crippen LogP contribution in [0.3, 0.4) is 0 Å². The normalized spacial score (nSPS) is 33.4. The topological polar surface area (TPSA) is 53.4 Å². The SMILES string of the molecule is CC(NC(=O)N(C)C[C@@H]1C[C@H](F)CN1Cc1cnn(C)c1)C1CC2CCC1C2. The van der Waals surface area contributed by atoms with Crippen LogP contribution in [0.25, 0.3) is 0 Å². The zero-order valence-electron chi connectivity index (χ0n) is 17.4. The van der Waals surface area contributed by atoms with Crippen LogP contribution in [0.15, 0.2) is 12.4 Å². The molecule has 2 aliphatic carbocycles. The van der Waals surface area contributed by atoms with E-state index in [0.717, 1.165) is 17.4 Å². The molecule has 3 aliphatic rings. The predicted octanol–water partition coefficient (Wildman–Crippen LogP) is 2.80. The number of likely N-dealkylation sites (tertiary alicyclic amines) is 1. The number of carbonyl (C=O) groups excluding carboxylic acids is 1. The van der Waals surface area contributed by atoms with Crippen LogP contribution in [-0.2, 0) is 13.6 Å². The van der Waals surface area contributed by atoms with Gasteiger partial charge in [-0.2, -0.15) is 5.10 Å². The first-order chi connectivity index (χ1) is 13.4. The van der Waals surface area contributed by atoms with Crippen LogP contribution in [0, 0.1) is 17.8 Å². The van der Waals surface area contributed by atoms with Crippen LogP contribution in [-0.4, -0.2) is 64.0 Å². The highest BCUT2D eigenvalue weighted by Gasteiger charge is 2.42. The number of nitrogens with one attached hydrogen (secondary N) is 1. The van der Waals surface area contributed by atoms with Crippen molar-refractivity contribution in [3.05, 3.63) is 18.0 Å². The summed E-state index contributed by atoms with van der Waals surface area (Å²) in [5.74, 6) is 2.30. The van der Waals surface area contributed by atoms with Gasteiger partial charge in [-0.05, 0) is 50.4 Å². The zero-order valence-corrected chi connectivity index (χ0v) is 17.4. The number of alkyl halides is 1. The van der Waals surface area contributed by atoms with Crippen molar-refractivity contribution in [2.45, 2.75) is 63.8 Å². The highest BCUT2D eigenvalue weighted by Crippen LogP contribution is 2.49. The van der Waals surface area contributed by atoms with Gasteiger partial charge in [-0.15, -0.1) is 0 Å². The lowest BCUT2D eigenvalue weighted by Crippen LogP contribution is -2.49. The summed E-state index contributed by atoms with van der Waals surface area (Å²) in [5.41, 5.74) is 1.08. The molecule has 4 unspecified atom stereocenters. The van der Waals surface area contributed by atoms with Crippen LogP contribution in [0.2, 0.25) is 0 Å². The second-order valence-electron chi connectivity index (χ2n) is 9.40. The molecule has 2 amide bonds. The zero-order chi connectivity index (χ0) is 19.8. The Morgan fingerprint density at radius 1 is 1.39 bits per heavy atom. The first kappa shape index (κ1) is 19.7. The minimum Gasteiger partial charge on any atom is -0.335 e. The third-order valence-corrected chi connectivity index (χ3v) is 7.24. The molecule has 7 heteroatoms. The summed E-state index contributed by atoms with van der Waals surface area (Å²) in [6.07, 6.45) is 8.78. The van der Waals surface area contributed by atoms with Crippen molar-refractivity contribution in [1.29, 1.82) is 0 Å². The highest BCUT2D eigenvalue weighted by molar-refractivity contribution is 5.74. The molecule has 2 saturated carbocycles. The fraction of sp³-hybridized carbons (Fsp3) is 0.810. The van der Waals surface area contributed by atoms with Crippen molar-refractivity contribution in [3.63, 3.8) is 0 Å². The van der Waals surface area contributed by atoms with Gasteiger partial charge in [0.15, 0.2) is 0 Å². The maximum atomic E-state index is 14.1. The lowest BCUT2D eigenvalue weighted by Gasteiger charge is -2.32. The summed E-state index contributed by atoms with van der Waals surface area (Å²) in [7, 11) is 3.72. The first-order valence-electron chi connectivity index (χ1n) is 10.8. The van der Waals surface area contributed by atoms with E-state index < -0.39 is 6.17 Å². The van der Waals surface area contributed by atoms with E-state index in [0.29, 0.717) is 32.0 Å². The third-order valence-electron chi connectivity index (χ3n) is 7.24. The van der Waals surface area contributed by atoms with E-state index in [4.69, 9.17) is 0 Å². The Morgan fingerprint density at radius 2 is 2.21 bits per heavy atom. The van der Waals surface area contributed by atoms with E-state index in [1.807, 2.05) is 26.5 Å². The molecular weight excluding hydrogens is 357 g/mol. The minimum absolute atomic E-state index is 0.0288. The molecule has 3 fully saturated rings. The van der Waals surface area contributed by atoms with Crippen molar-refractivity contribution >= 4 is 6.03 Å². The van der Waals surface area contributed by atoms with E-state index in [9.17, 15) is 9.18 Å². The summed E-state index contributed by atoms with van der Waals surface area (Å²) in [6.45, 7) is 3.81. The number of halogens is 1. The molecule has 1 saturated heterocycles. The molecule has 0 spiro atoms. The van der Waals surface area contributed by atoms with Gasteiger partial charge in [0.25, 0.3) is 0 Å². The lowest BCUT2D eigenvalue weighted by atomic mass is 9.84. The number of hydrogen-bond donors (Lipinski definition) is 1. The average Bonchev–Trinajstić information content (AvgIpc) is 3.41. The second kappa shape index (κ2) is 8.01. The molecule has 6 nitrogen and oxygen atoms in total. The molecule has 6 atom stereocenters. The number of urea groups is 1. The molecule has 0 radical (unpaired) electrons. The highest BCUT2D eigenvalue weighted by atomic mass is 19.1. The van der Waals surface area contributed by atoms with Crippen molar-refractivity contribution in [1.82, 2.24) is 24.9 Å². The Balaban J connectivity index is 1.29. The summed E-state index contributed by atoms with van der Waals surface area (Å²) >= 11 is 0. The molecule has 2 bridgehead atoms. The Kier molecular flexibility index (Phi) is 5.63. The molecule has 4 rings (SSSR count). The number of rotatable bonds is 6. The summed E-state index contributed by atoms with van der Waals surface area (Å²) in [5, 5.41) is 7.42. The number of amides is 2. The van der Waals surface area contributed by atoms with Gasteiger partial charge in [-0.3, -0.25) is 9.58 Å². The van der Waals surface area contributed by atoms with E-state index >= 15 is 0 Å². The monoisotopic (exact) mass is 391 g/mol. The molecule has 156 valence electrons. The average molecular weight is 392 g/mol. The Hall–Kier alpha value is -1.63. The Bertz CT molecular complexity index is 694. The van der Waals surface area contributed by atoms with Gasteiger partial charge in [0.1, 0.15) is 6.17 Å². The number of hydrogen-bond acceptors (Lipinski definition) is 3. The predicted molar refractivity (Wildman–Crippen MR) is 106 cm³/mol. The van der Waals surface area contributed by atoms with Crippen LogP contribution < -0.4 is 5.32 Å². The van der Waals surface area contributed by atoms with Gasteiger partial charge in [0, 0.05) is 57.6 Å². The number of likely N-dealkylation sites (N-methyl/N-ethyl adjacent to an activating group) is 1. The van der Waals surface area contributed by atoms with E-state index in [-0.39, 0.29) is 18.1 Å². The summed E-state index contributed by atoms with van der Waals surface area (Å²) in [4.78, 5) is 16.6. The Morgan fingerprint density at radius 3 is 2.86 bits per heavy atom. The maximum Gasteiger partial charge on any atom is 0.317 e. The smallest absolute Gasteiger partial charge is 0.317 e. The first-order valence-corrected chi connectivity index (χ1v) is 10.8. The molecule has 1 aromatic rings. The van der Waals surface area contributed by atoms with Gasteiger partial charge in [0.05, 0.1) is 6.20 Å². The van der Waals surface area contributed by atoms with Crippen molar-refractivity contribution in [3.8, 4) is 0 Å². The van der Waals surface area contributed by atoms with Crippen LogP contribution in [0.1, 0.15) is 44.6 Å². The number of fused-ring (bicyclic) bond motifs is 2. The lowest BCUT2D eigenvalue weighted by molar-refractivity contribution is 0.166. The summed E-state index contributed by atoms with van der Waals surface area (Å²) in [6, 6.07) is 0.233. The van der Waals surface area contributed by atoms with Crippen molar-refractivity contribution in [2.75, 3.05) is 20.1 Å². The third kappa shape index (κ3) is 4.19. The fourth-order valence-corrected chi connectivity index (χ4v) is 5.81. The van der Waals surface area contributed by atoms with Gasteiger partial charge in [0.2, 0.25) is 0 Å². The number of carbonyl (C=O) groups is 1. The van der Waals surface area contributed by atoms with Crippen LogP contribution in [0.4, 0.5) is 9.18 Å². The van der Waals surface area contributed by atoms with Crippen molar-refractivity contribution in [2.24, 2.45) is 24.8 Å².